The van der Waals surface area contributed by atoms with Gasteiger partial charge in [-0.05, 0) is 30.3 Å². The van der Waals surface area contributed by atoms with Crippen LogP contribution in [0.1, 0.15) is 25.3 Å². The maximum absolute atomic E-state index is 8.92. The lowest BCUT2D eigenvalue weighted by atomic mass is 9.80. The van der Waals surface area contributed by atoms with Gasteiger partial charge in [-0.3, -0.25) is 0 Å². The van der Waals surface area contributed by atoms with Gasteiger partial charge >= 0.3 is 7.12 Å². The van der Waals surface area contributed by atoms with Crippen molar-refractivity contribution < 1.29 is 14.8 Å². The Hall–Kier alpha value is -0.835. The normalized spacial score (nSPS) is 10.4. The largest absolute Gasteiger partial charge is 0.488 e. The highest BCUT2D eigenvalue weighted by Gasteiger charge is 2.09. The summed E-state index contributed by atoms with van der Waals surface area (Å²) in [4.78, 5) is 0. The van der Waals surface area contributed by atoms with E-state index in [1.165, 1.54) is 5.56 Å². The molecule has 0 spiro atoms. The Kier molecular flexibility index (Phi) is 6.15. The smallest absolute Gasteiger partial charge is 0.423 e. The molecule has 0 aromatic heterocycles. The molecule has 2 N–H and O–H groups in total. The zero-order valence-electron chi connectivity index (χ0n) is 9.72. The maximum atomic E-state index is 8.92. The molecule has 1 aromatic carbocycles. The Balaban J connectivity index is 2.27. The van der Waals surface area contributed by atoms with Gasteiger partial charge in [0, 0.05) is 13.2 Å². The van der Waals surface area contributed by atoms with E-state index in [-0.39, 0.29) is 0 Å². The van der Waals surface area contributed by atoms with E-state index in [2.05, 4.69) is 6.92 Å². The average Bonchev–Trinajstić information content (AvgIpc) is 2.29. The van der Waals surface area contributed by atoms with Crippen LogP contribution < -0.4 is 5.46 Å². The van der Waals surface area contributed by atoms with E-state index in [0.29, 0.717) is 5.46 Å². The molecular weight excluding hydrogens is 203 g/mol. The van der Waals surface area contributed by atoms with Crippen molar-refractivity contribution in [2.75, 3.05) is 13.2 Å². The molecule has 0 bridgehead atoms. The van der Waals surface area contributed by atoms with Gasteiger partial charge in [0.05, 0.1) is 0 Å². The second kappa shape index (κ2) is 7.44. The van der Waals surface area contributed by atoms with Crippen LogP contribution in [0, 0.1) is 0 Å². The summed E-state index contributed by atoms with van der Waals surface area (Å²) in [5.41, 5.74) is 1.73. The van der Waals surface area contributed by atoms with Crippen molar-refractivity contribution in [3.63, 3.8) is 0 Å². The monoisotopic (exact) mass is 222 g/mol. The molecule has 0 heterocycles. The quantitative estimate of drug-likeness (QED) is 0.528. The number of hydrogen-bond acceptors (Lipinski definition) is 3. The highest BCUT2D eigenvalue weighted by atomic mass is 16.5. The van der Waals surface area contributed by atoms with Crippen molar-refractivity contribution in [2.45, 2.75) is 26.2 Å². The van der Waals surface area contributed by atoms with Crippen molar-refractivity contribution >= 4 is 12.6 Å². The van der Waals surface area contributed by atoms with Crippen LogP contribution in [-0.4, -0.2) is 30.4 Å². The first-order valence-corrected chi connectivity index (χ1v) is 5.76. The first-order chi connectivity index (χ1) is 7.74. The maximum Gasteiger partial charge on any atom is 0.488 e. The summed E-state index contributed by atoms with van der Waals surface area (Å²) >= 11 is 0. The molecule has 0 amide bonds. The van der Waals surface area contributed by atoms with Gasteiger partial charge in [0.1, 0.15) is 0 Å². The van der Waals surface area contributed by atoms with Crippen molar-refractivity contribution in [2.24, 2.45) is 0 Å². The summed E-state index contributed by atoms with van der Waals surface area (Å²) in [6, 6.07) is 7.34. The predicted molar refractivity (Wildman–Crippen MR) is 65.7 cm³/mol. The first kappa shape index (κ1) is 13.2. The number of aryl methyl sites for hydroxylation is 1. The Morgan fingerprint density at radius 1 is 1.12 bits per heavy atom. The molecule has 1 aromatic rings. The molecule has 0 saturated heterocycles. The number of benzene rings is 1. The van der Waals surface area contributed by atoms with Gasteiger partial charge in [-0.15, -0.1) is 0 Å². The molecule has 4 heteroatoms. The molecular formula is C12H19BO3. The lowest BCUT2D eigenvalue weighted by Crippen LogP contribution is -2.29. The Morgan fingerprint density at radius 3 is 2.38 bits per heavy atom. The Labute approximate surface area is 97.2 Å². The van der Waals surface area contributed by atoms with E-state index in [4.69, 9.17) is 14.8 Å². The molecule has 16 heavy (non-hydrogen) atoms. The van der Waals surface area contributed by atoms with Gasteiger partial charge in [0.2, 0.25) is 0 Å². The minimum atomic E-state index is -1.37. The van der Waals surface area contributed by atoms with Crippen LogP contribution >= 0.6 is 0 Å². The van der Waals surface area contributed by atoms with Gasteiger partial charge in [-0.1, -0.05) is 31.2 Å². The van der Waals surface area contributed by atoms with Gasteiger partial charge in [-0.25, -0.2) is 0 Å². The average molecular weight is 222 g/mol. The van der Waals surface area contributed by atoms with Crippen LogP contribution in [0.2, 0.25) is 0 Å². The zero-order valence-corrected chi connectivity index (χ0v) is 9.72. The summed E-state index contributed by atoms with van der Waals surface area (Å²) in [5.74, 6) is 0. The molecule has 0 atom stereocenters. The molecule has 0 unspecified atom stereocenters. The Bertz CT molecular complexity index is 285. The van der Waals surface area contributed by atoms with E-state index in [9.17, 15) is 0 Å². The fraction of sp³-hybridized carbons (Fsp3) is 0.500. The van der Waals surface area contributed by atoms with Crippen LogP contribution in [0.5, 0.6) is 0 Å². The fourth-order valence-electron chi connectivity index (χ4n) is 1.48. The summed E-state index contributed by atoms with van der Waals surface area (Å²) < 4.78 is 5.39. The minimum absolute atomic E-state index is 0.533. The second-order valence-corrected chi connectivity index (χ2v) is 3.83. The summed E-state index contributed by atoms with van der Waals surface area (Å²) in [6.45, 7) is 3.72. The van der Waals surface area contributed by atoms with Crippen LogP contribution in [-0.2, 0) is 11.2 Å². The molecule has 1 rings (SSSR count). The van der Waals surface area contributed by atoms with Crippen molar-refractivity contribution in [1.82, 2.24) is 0 Å². The summed E-state index contributed by atoms with van der Waals surface area (Å²) in [5, 5.41) is 17.8. The molecule has 0 aliphatic heterocycles. The highest BCUT2D eigenvalue weighted by molar-refractivity contribution is 6.58. The van der Waals surface area contributed by atoms with Gasteiger partial charge in [0.15, 0.2) is 0 Å². The third kappa shape index (κ3) is 4.79. The topological polar surface area (TPSA) is 49.7 Å². The molecule has 88 valence electrons. The standard InChI is InChI=1S/C12H19BO3/c1-2-9-16-10-3-4-11-5-7-12(8-6-11)13(14)15/h5-8,14-15H,2-4,9-10H2,1H3. The molecule has 0 aliphatic rings. The SMILES string of the molecule is CCCOCCCc1ccc(B(O)O)cc1. The van der Waals surface area contributed by atoms with E-state index < -0.39 is 7.12 Å². The van der Waals surface area contributed by atoms with E-state index in [1.807, 2.05) is 12.1 Å². The van der Waals surface area contributed by atoms with Gasteiger partial charge in [-0.2, -0.15) is 0 Å². The van der Waals surface area contributed by atoms with E-state index in [0.717, 1.165) is 32.5 Å². The highest BCUT2D eigenvalue weighted by Crippen LogP contribution is 2.02. The molecule has 0 aliphatic carbocycles. The van der Waals surface area contributed by atoms with Crippen molar-refractivity contribution in [1.29, 1.82) is 0 Å². The minimum Gasteiger partial charge on any atom is -0.423 e. The van der Waals surface area contributed by atoms with Crippen molar-refractivity contribution in [3.05, 3.63) is 29.8 Å². The van der Waals surface area contributed by atoms with Crippen LogP contribution in [0.4, 0.5) is 0 Å². The van der Waals surface area contributed by atoms with Gasteiger partial charge < -0.3 is 14.8 Å². The lowest BCUT2D eigenvalue weighted by Gasteiger charge is -2.04. The molecule has 0 fully saturated rings. The van der Waals surface area contributed by atoms with Crippen LogP contribution in [0.25, 0.3) is 0 Å². The van der Waals surface area contributed by atoms with Gasteiger partial charge in [0.25, 0.3) is 0 Å². The number of ether oxygens (including phenoxy) is 1. The first-order valence-electron chi connectivity index (χ1n) is 5.76. The molecule has 0 radical (unpaired) electrons. The van der Waals surface area contributed by atoms with E-state index >= 15 is 0 Å². The van der Waals surface area contributed by atoms with E-state index in [1.54, 1.807) is 12.1 Å². The van der Waals surface area contributed by atoms with Crippen molar-refractivity contribution in [3.8, 4) is 0 Å². The molecule has 3 nitrogen and oxygen atoms in total. The predicted octanol–water partition coefficient (Wildman–Crippen LogP) is 0.726. The lowest BCUT2D eigenvalue weighted by molar-refractivity contribution is 0.132. The third-order valence-electron chi connectivity index (χ3n) is 2.38. The number of hydrogen-bond donors (Lipinski definition) is 2. The number of rotatable bonds is 7. The third-order valence-corrected chi connectivity index (χ3v) is 2.38. The molecule has 0 saturated carbocycles. The zero-order chi connectivity index (χ0) is 11.8. The summed E-state index contributed by atoms with van der Waals surface area (Å²) in [7, 11) is -1.37. The summed E-state index contributed by atoms with van der Waals surface area (Å²) in [6.07, 6.45) is 3.02. The second-order valence-electron chi connectivity index (χ2n) is 3.83. The van der Waals surface area contributed by atoms with Crippen LogP contribution in [0.15, 0.2) is 24.3 Å². The fourth-order valence-corrected chi connectivity index (χ4v) is 1.48. The Morgan fingerprint density at radius 2 is 1.81 bits per heavy atom. The van der Waals surface area contributed by atoms with Crippen LogP contribution in [0.3, 0.4) is 0 Å².